The lowest BCUT2D eigenvalue weighted by Crippen LogP contribution is -2.30. The zero-order valence-corrected chi connectivity index (χ0v) is 10.3. The summed E-state index contributed by atoms with van der Waals surface area (Å²) in [5.41, 5.74) is 0.466. The number of ether oxygens (including phenoxy) is 1. The molecule has 0 radical (unpaired) electrons. The standard InChI is InChI=1S/C13H17NO4/c1-14(7-8-15)13(17)6-9-18-12-5-3-2-4-11(12)10-16/h2-5,10,15H,6-9H2,1H3. The van der Waals surface area contributed by atoms with Crippen LogP contribution in [0.15, 0.2) is 24.3 Å². The zero-order chi connectivity index (χ0) is 13.4. The molecule has 1 N–H and O–H groups in total. The number of hydrogen-bond acceptors (Lipinski definition) is 4. The van der Waals surface area contributed by atoms with E-state index in [1.807, 2.05) is 0 Å². The van der Waals surface area contributed by atoms with E-state index in [2.05, 4.69) is 0 Å². The summed E-state index contributed by atoms with van der Waals surface area (Å²) in [6.45, 7) is 0.459. The second kappa shape index (κ2) is 7.45. The molecule has 1 aromatic rings. The van der Waals surface area contributed by atoms with Crippen LogP contribution >= 0.6 is 0 Å². The van der Waals surface area contributed by atoms with Crippen molar-refractivity contribution in [3.05, 3.63) is 29.8 Å². The molecule has 0 aliphatic rings. The van der Waals surface area contributed by atoms with Gasteiger partial charge in [-0.05, 0) is 12.1 Å². The number of carbonyl (C=O) groups excluding carboxylic acids is 2. The number of rotatable bonds is 7. The Morgan fingerprint density at radius 3 is 2.83 bits per heavy atom. The Kier molecular flexibility index (Phi) is 5.87. The maximum absolute atomic E-state index is 11.5. The van der Waals surface area contributed by atoms with Crippen molar-refractivity contribution in [3.63, 3.8) is 0 Å². The Morgan fingerprint density at radius 2 is 2.17 bits per heavy atom. The fourth-order valence-corrected chi connectivity index (χ4v) is 1.42. The summed E-state index contributed by atoms with van der Waals surface area (Å²) in [6, 6.07) is 6.85. The first-order chi connectivity index (χ1) is 8.69. The number of amides is 1. The van der Waals surface area contributed by atoms with Crippen LogP contribution < -0.4 is 4.74 Å². The molecule has 1 amide bonds. The minimum absolute atomic E-state index is 0.0585. The lowest BCUT2D eigenvalue weighted by Gasteiger charge is -2.15. The van der Waals surface area contributed by atoms with Crippen LogP contribution in [-0.4, -0.2) is 49.0 Å². The van der Waals surface area contributed by atoms with Crippen LogP contribution in [0, 0.1) is 0 Å². The van der Waals surface area contributed by atoms with E-state index in [1.165, 1.54) is 4.90 Å². The van der Waals surface area contributed by atoms with Gasteiger partial charge < -0.3 is 14.7 Å². The summed E-state index contributed by atoms with van der Waals surface area (Å²) in [5.74, 6) is 0.373. The third kappa shape index (κ3) is 4.18. The predicted octanol–water partition coefficient (Wildman–Crippen LogP) is 0.719. The molecule has 0 unspecified atom stereocenters. The van der Waals surface area contributed by atoms with Gasteiger partial charge in [-0.15, -0.1) is 0 Å². The molecule has 0 fully saturated rings. The average molecular weight is 251 g/mol. The molecule has 98 valence electrons. The van der Waals surface area contributed by atoms with E-state index < -0.39 is 0 Å². The molecule has 0 atom stereocenters. The third-order valence-corrected chi connectivity index (χ3v) is 2.48. The van der Waals surface area contributed by atoms with E-state index >= 15 is 0 Å². The van der Waals surface area contributed by atoms with Crippen molar-refractivity contribution < 1.29 is 19.4 Å². The Bertz CT molecular complexity index is 406. The molecule has 0 aromatic heterocycles. The largest absolute Gasteiger partial charge is 0.492 e. The van der Waals surface area contributed by atoms with Crippen LogP contribution in [0.25, 0.3) is 0 Å². The van der Waals surface area contributed by atoms with Crippen molar-refractivity contribution in [2.45, 2.75) is 6.42 Å². The van der Waals surface area contributed by atoms with Gasteiger partial charge in [-0.2, -0.15) is 0 Å². The van der Waals surface area contributed by atoms with Crippen LogP contribution in [0.4, 0.5) is 0 Å². The van der Waals surface area contributed by atoms with Gasteiger partial charge >= 0.3 is 0 Å². The molecule has 0 heterocycles. The highest BCUT2D eigenvalue weighted by Crippen LogP contribution is 2.15. The van der Waals surface area contributed by atoms with Crippen LogP contribution in [0.1, 0.15) is 16.8 Å². The Morgan fingerprint density at radius 1 is 1.44 bits per heavy atom. The second-order valence-corrected chi connectivity index (χ2v) is 3.79. The maximum Gasteiger partial charge on any atom is 0.225 e. The molecular weight excluding hydrogens is 234 g/mol. The molecule has 1 aromatic carbocycles. The van der Waals surface area contributed by atoms with Gasteiger partial charge in [-0.3, -0.25) is 9.59 Å². The molecule has 5 nitrogen and oxygen atoms in total. The van der Waals surface area contributed by atoms with Crippen molar-refractivity contribution >= 4 is 12.2 Å². The molecule has 0 saturated carbocycles. The molecule has 0 saturated heterocycles. The molecular formula is C13H17NO4. The number of benzene rings is 1. The minimum atomic E-state index is -0.104. The third-order valence-electron chi connectivity index (χ3n) is 2.48. The molecule has 0 spiro atoms. The first-order valence-corrected chi connectivity index (χ1v) is 5.71. The van der Waals surface area contributed by atoms with E-state index in [4.69, 9.17) is 9.84 Å². The van der Waals surface area contributed by atoms with Gasteiger partial charge in [0.15, 0.2) is 6.29 Å². The van der Waals surface area contributed by atoms with Crippen LogP contribution in [-0.2, 0) is 4.79 Å². The average Bonchev–Trinajstić information content (AvgIpc) is 2.39. The fourth-order valence-electron chi connectivity index (χ4n) is 1.42. The lowest BCUT2D eigenvalue weighted by atomic mass is 10.2. The van der Waals surface area contributed by atoms with Crippen LogP contribution in [0.3, 0.4) is 0 Å². The van der Waals surface area contributed by atoms with E-state index in [-0.39, 0.29) is 25.5 Å². The first-order valence-electron chi connectivity index (χ1n) is 5.71. The summed E-state index contributed by atoms with van der Waals surface area (Å²) in [5, 5.41) is 8.69. The van der Waals surface area contributed by atoms with Gasteiger partial charge in [0.1, 0.15) is 5.75 Å². The highest BCUT2D eigenvalue weighted by molar-refractivity contribution is 5.79. The second-order valence-electron chi connectivity index (χ2n) is 3.79. The topological polar surface area (TPSA) is 66.8 Å². The molecule has 0 bridgehead atoms. The number of aldehydes is 1. The highest BCUT2D eigenvalue weighted by atomic mass is 16.5. The van der Waals surface area contributed by atoms with E-state index in [0.29, 0.717) is 17.9 Å². The number of aliphatic hydroxyl groups is 1. The Balaban J connectivity index is 2.42. The Labute approximate surface area is 106 Å². The molecule has 18 heavy (non-hydrogen) atoms. The van der Waals surface area contributed by atoms with Crippen molar-refractivity contribution in [2.24, 2.45) is 0 Å². The van der Waals surface area contributed by atoms with Crippen molar-refractivity contribution in [1.82, 2.24) is 4.90 Å². The molecule has 1 rings (SSSR count). The quantitative estimate of drug-likeness (QED) is 0.725. The highest BCUT2D eigenvalue weighted by Gasteiger charge is 2.08. The van der Waals surface area contributed by atoms with Gasteiger partial charge in [0.05, 0.1) is 25.2 Å². The van der Waals surface area contributed by atoms with Gasteiger partial charge in [-0.25, -0.2) is 0 Å². The van der Waals surface area contributed by atoms with Gasteiger partial charge in [0.25, 0.3) is 0 Å². The monoisotopic (exact) mass is 251 g/mol. The Hall–Kier alpha value is -1.88. The zero-order valence-electron chi connectivity index (χ0n) is 10.3. The number of hydrogen-bond donors (Lipinski definition) is 1. The van der Waals surface area contributed by atoms with Gasteiger partial charge in [0, 0.05) is 13.6 Å². The smallest absolute Gasteiger partial charge is 0.225 e. The van der Waals surface area contributed by atoms with Crippen molar-refractivity contribution in [3.8, 4) is 5.75 Å². The number of carbonyl (C=O) groups is 2. The number of likely N-dealkylation sites (N-methyl/N-ethyl adjacent to an activating group) is 1. The summed E-state index contributed by atoms with van der Waals surface area (Å²) < 4.78 is 5.39. The first kappa shape index (κ1) is 14.2. The van der Waals surface area contributed by atoms with Crippen LogP contribution in [0.2, 0.25) is 0 Å². The molecule has 5 heteroatoms. The number of aliphatic hydroxyl groups excluding tert-OH is 1. The lowest BCUT2D eigenvalue weighted by molar-refractivity contribution is -0.130. The van der Waals surface area contributed by atoms with Gasteiger partial charge in [-0.1, -0.05) is 12.1 Å². The number of para-hydroxylation sites is 1. The fraction of sp³-hybridized carbons (Fsp3) is 0.385. The number of nitrogens with zero attached hydrogens (tertiary/aromatic N) is 1. The SMILES string of the molecule is CN(CCO)C(=O)CCOc1ccccc1C=O. The van der Waals surface area contributed by atoms with E-state index in [0.717, 1.165) is 6.29 Å². The normalized spacial score (nSPS) is 9.89. The summed E-state index contributed by atoms with van der Waals surface area (Å²) in [7, 11) is 1.62. The van der Waals surface area contributed by atoms with E-state index in [9.17, 15) is 9.59 Å². The summed E-state index contributed by atoms with van der Waals surface area (Å²) >= 11 is 0. The van der Waals surface area contributed by atoms with Crippen LogP contribution in [0.5, 0.6) is 5.75 Å². The summed E-state index contributed by atoms with van der Waals surface area (Å²) in [4.78, 5) is 23.7. The minimum Gasteiger partial charge on any atom is -0.492 e. The molecule has 0 aliphatic heterocycles. The molecule has 0 aliphatic carbocycles. The maximum atomic E-state index is 11.5. The predicted molar refractivity (Wildman–Crippen MR) is 66.7 cm³/mol. The van der Waals surface area contributed by atoms with Crippen molar-refractivity contribution in [2.75, 3.05) is 26.8 Å². The van der Waals surface area contributed by atoms with E-state index in [1.54, 1.807) is 31.3 Å². The van der Waals surface area contributed by atoms with Crippen molar-refractivity contribution in [1.29, 1.82) is 0 Å². The van der Waals surface area contributed by atoms with Gasteiger partial charge in [0.2, 0.25) is 5.91 Å². The summed E-state index contributed by atoms with van der Waals surface area (Å²) in [6.07, 6.45) is 0.929.